The minimum absolute atomic E-state index is 0.0388. The van der Waals surface area contributed by atoms with E-state index in [1.54, 1.807) is 7.11 Å². The van der Waals surface area contributed by atoms with Crippen LogP contribution in [-0.4, -0.2) is 31.2 Å². The van der Waals surface area contributed by atoms with Crippen molar-refractivity contribution in [2.45, 2.75) is 44.2 Å². The molecule has 0 aromatic rings. The predicted molar refractivity (Wildman–Crippen MR) is 54.9 cm³/mol. The van der Waals surface area contributed by atoms with Crippen molar-refractivity contribution in [3.63, 3.8) is 0 Å². The van der Waals surface area contributed by atoms with Gasteiger partial charge in [0.25, 0.3) is 0 Å². The lowest BCUT2D eigenvalue weighted by Crippen LogP contribution is -2.52. The first kappa shape index (κ1) is 11.5. The molecule has 1 fully saturated rings. The Morgan fingerprint density at radius 1 is 1.64 bits per heavy atom. The second-order valence-electron chi connectivity index (χ2n) is 3.98. The smallest absolute Gasteiger partial charge is 0.234 e. The molecule has 1 aliphatic carbocycles. The summed E-state index contributed by atoms with van der Waals surface area (Å²) in [6, 6.07) is -0.220. The third-order valence-corrected chi connectivity index (χ3v) is 3.12. The predicted octanol–water partition coefficient (Wildman–Crippen LogP) is 0.409. The highest BCUT2D eigenvalue weighted by molar-refractivity contribution is 5.79. The Bertz CT molecular complexity index is 197. The van der Waals surface area contributed by atoms with Gasteiger partial charge in [0, 0.05) is 13.7 Å². The van der Waals surface area contributed by atoms with Crippen LogP contribution in [0.25, 0.3) is 0 Å². The molecule has 0 bridgehead atoms. The van der Waals surface area contributed by atoms with Gasteiger partial charge < -0.3 is 15.8 Å². The summed E-state index contributed by atoms with van der Waals surface area (Å²) in [4.78, 5) is 11.0. The molecule has 0 heterocycles. The van der Waals surface area contributed by atoms with Crippen LogP contribution < -0.4 is 11.1 Å². The summed E-state index contributed by atoms with van der Waals surface area (Å²) in [7, 11) is 1.73. The minimum atomic E-state index is -0.280. The number of ether oxygens (including phenoxy) is 1. The standard InChI is InChI=1S/C10H20N2O2/c1-3-8(9(11)13)12-7-10(14-2)5-4-6-10/h8,12H,3-7H2,1-2H3,(H2,11,13). The lowest BCUT2D eigenvalue weighted by Gasteiger charge is -2.41. The second kappa shape index (κ2) is 4.75. The van der Waals surface area contributed by atoms with Gasteiger partial charge in [0.15, 0.2) is 0 Å². The fraction of sp³-hybridized carbons (Fsp3) is 0.900. The van der Waals surface area contributed by atoms with Crippen molar-refractivity contribution < 1.29 is 9.53 Å². The van der Waals surface area contributed by atoms with Crippen LogP contribution in [0.15, 0.2) is 0 Å². The summed E-state index contributed by atoms with van der Waals surface area (Å²) in [5, 5.41) is 3.16. The molecule has 14 heavy (non-hydrogen) atoms. The fourth-order valence-electron chi connectivity index (χ4n) is 1.78. The Morgan fingerprint density at radius 3 is 2.57 bits per heavy atom. The molecule has 1 aliphatic rings. The zero-order valence-corrected chi connectivity index (χ0v) is 9.01. The SMILES string of the molecule is CCC(NCC1(OC)CCC1)C(N)=O. The van der Waals surface area contributed by atoms with Crippen LogP contribution in [0.1, 0.15) is 32.6 Å². The van der Waals surface area contributed by atoms with Crippen LogP contribution in [0.5, 0.6) is 0 Å². The van der Waals surface area contributed by atoms with E-state index < -0.39 is 0 Å². The Hall–Kier alpha value is -0.610. The number of nitrogens with one attached hydrogen (secondary N) is 1. The first-order chi connectivity index (χ1) is 6.63. The maximum Gasteiger partial charge on any atom is 0.234 e. The molecule has 4 heteroatoms. The molecule has 0 radical (unpaired) electrons. The summed E-state index contributed by atoms with van der Waals surface area (Å²) in [5.41, 5.74) is 5.20. The van der Waals surface area contributed by atoms with Gasteiger partial charge in [0.2, 0.25) is 5.91 Å². The van der Waals surface area contributed by atoms with E-state index in [4.69, 9.17) is 10.5 Å². The highest BCUT2D eigenvalue weighted by Gasteiger charge is 2.37. The number of methoxy groups -OCH3 is 1. The minimum Gasteiger partial charge on any atom is -0.377 e. The van der Waals surface area contributed by atoms with Crippen molar-refractivity contribution >= 4 is 5.91 Å². The third-order valence-electron chi connectivity index (χ3n) is 3.12. The van der Waals surface area contributed by atoms with Gasteiger partial charge in [-0.1, -0.05) is 6.92 Å². The number of hydrogen-bond acceptors (Lipinski definition) is 3. The van der Waals surface area contributed by atoms with E-state index in [0.29, 0.717) is 0 Å². The maximum atomic E-state index is 11.0. The van der Waals surface area contributed by atoms with E-state index in [1.165, 1.54) is 6.42 Å². The Labute approximate surface area is 85.2 Å². The molecule has 1 saturated carbocycles. The van der Waals surface area contributed by atoms with Gasteiger partial charge >= 0.3 is 0 Å². The van der Waals surface area contributed by atoms with Gasteiger partial charge in [-0.3, -0.25) is 4.79 Å². The summed E-state index contributed by atoms with van der Waals surface area (Å²) < 4.78 is 5.43. The van der Waals surface area contributed by atoms with E-state index >= 15 is 0 Å². The summed E-state index contributed by atoms with van der Waals surface area (Å²) in [6.45, 7) is 2.67. The molecule has 82 valence electrons. The van der Waals surface area contributed by atoms with Crippen molar-refractivity contribution in [3.05, 3.63) is 0 Å². The van der Waals surface area contributed by atoms with Crippen molar-refractivity contribution in [1.29, 1.82) is 0 Å². The maximum absolute atomic E-state index is 11.0. The first-order valence-electron chi connectivity index (χ1n) is 5.21. The van der Waals surface area contributed by atoms with Crippen LogP contribution in [0, 0.1) is 0 Å². The largest absolute Gasteiger partial charge is 0.377 e. The van der Waals surface area contributed by atoms with E-state index in [1.807, 2.05) is 6.92 Å². The fourth-order valence-corrected chi connectivity index (χ4v) is 1.78. The van der Waals surface area contributed by atoms with Crippen molar-refractivity contribution in [2.75, 3.05) is 13.7 Å². The van der Waals surface area contributed by atoms with Crippen molar-refractivity contribution in [3.8, 4) is 0 Å². The lowest BCUT2D eigenvalue weighted by molar-refractivity contribution is -0.121. The molecular formula is C10H20N2O2. The number of carbonyl (C=O) groups is 1. The zero-order valence-electron chi connectivity index (χ0n) is 9.01. The number of primary amides is 1. The van der Waals surface area contributed by atoms with Crippen LogP contribution in [0.3, 0.4) is 0 Å². The third kappa shape index (κ3) is 2.45. The molecule has 0 aromatic heterocycles. The Kier molecular flexibility index (Phi) is 3.89. The van der Waals surface area contributed by atoms with Gasteiger partial charge in [0.1, 0.15) is 0 Å². The highest BCUT2D eigenvalue weighted by Crippen LogP contribution is 2.34. The quantitative estimate of drug-likeness (QED) is 0.652. The van der Waals surface area contributed by atoms with E-state index in [9.17, 15) is 4.79 Å². The topological polar surface area (TPSA) is 64.3 Å². The zero-order chi connectivity index (χ0) is 10.6. The number of hydrogen-bond donors (Lipinski definition) is 2. The number of nitrogens with two attached hydrogens (primary N) is 1. The number of amides is 1. The normalized spacial score (nSPS) is 21.3. The van der Waals surface area contributed by atoms with Gasteiger partial charge in [-0.2, -0.15) is 0 Å². The molecule has 0 saturated heterocycles. The summed E-state index contributed by atoms with van der Waals surface area (Å²) >= 11 is 0. The van der Waals surface area contributed by atoms with Crippen LogP contribution >= 0.6 is 0 Å². The first-order valence-corrected chi connectivity index (χ1v) is 5.21. The average molecular weight is 200 g/mol. The van der Waals surface area contributed by atoms with Crippen LogP contribution in [0.4, 0.5) is 0 Å². The summed E-state index contributed by atoms with van der Waals surface area (Å²) in [6.07, 6.45) is 4.09. The molecule has 1 unspecified atom stereocenters. The molecule has 1 amide bonds. The number of rotatable bonds is 6. The highest BCUT2D eigenvalue weighted by atomic mass is 16.5. The molecule has 1 atom stereocenters. The van der Waals surface area contributed by atoms with Gasteiger partial charge in [0.05, 0.1) is 11.6 Å². The molecule has 0 aromatic carbocycles. The Morgan fingerprint density at radius 2 is 2.29 bits per heavy atom. The van der Waals surface area contributed by atoms with Gasteiger partial charge in [-0.05, 0) is 25.7 Å². The second-order valence-corrected chi connectivity index (χ2v) is 3.98. The average Bonchev–Trinajstić information content (AvgIpc) is 2.09. The monoisotopic (exact) mass is 200 g/mol. The molecular weight excluding hydrogens is 180 g/mol. The lowest BCUT2D eigenvalue weighted by atomic mass is 9.80. The molecule has 4 nitrogen and oxygen atoms in total. The molecule has 0 spiro atoms. The van der Waals surface area contributed by atoms with E-state index in [2.05, 4.69) is 5.32 Å². The summed E-state index contributed by atoms with van der Waals surface area (Å²) in [5.74, 6) is -0.280. The van der Waals surface area contributed by atoms with Crippen LogP contribution in [0.2, 0.25) is 0 Å². The van der Waals surface area contributed by atoms with Crippen LogP contribution in [-0.2, 0) is 9.53 Å². The van der Waals surface area contributed by atoms with Gasteiger partial charge in [-0.15, -0.1) is 0 Å². The number of carbonyl (C=O) groups excluding carboxylic acids is 1. The van der Waals surface area contributed by atoms with E-state index in [0.717, 1.165) is 25.8 Å². The van der Waals surface area contributed by atoms with Gasteiger partial charge in [-0.25, -0.2) is 0 Å². The Balaban J connectivity index is 2.34. The molecule has 1 rings (SSSR count). The molecule has 3 N–H and O–H groups in total. The molecule has 0 aliphatic heterocycles. The van der Waals surface area contributed by atoms with E-state index in [-0.39, 0.29) is 17.6 Å². The van der Waals surface area contributed by atoms with Crippen molar-refractivity contribution in [1.82, 2.24) is 5.32 Å². The van der Waals surface area contributed by atoms with Crippen molar-refractivity contribution in [2.24, 2.45) is 5.73 Å².